The molecule has 2 aliphatic rings. The van der Waals surface area contributed by atoms with Crippen LogP contribution in [0.2, 0.25) is 0 Å². The minimum atomic E-state index is -0.0803. The van der Waals surface area contributed by atoms with Gasteiger partial charge in [-0.2, -0.15) is 0 Å². The summed E-state index contributed by atoms with van der Waals surface area (Å²) < 4.78 is 2.13. The summed E-state index contributed by atoms with van der Waals surface area (Å²) in [6.45, 7) is 4.08. The van der Waals surface area contributed by atoms with Gasteiger partial charge in [0.15, 0.2) is 0 Å². The molecule has 1 N–H and O–H groups in total. The number of aryl methyl sites for hydroxylation is 1. The number of likely N-dealkylation sites (N-methyl/N-ethyl adjacent to an activating group) is 1. The van der Waals surface area contributed by atoms with Crippen LogP contribution in [-0.4, -0.2) is 59.4 Å². The fraction of sp³-hybridized carbons (Fsp3) is 0.280. The highest BCUT2D eigenvalue weighted by Crippen LogP contribution is 2.34. The summed E-state index contributed by atoms with van der Waals surface area (Å²) in [6.07, 6.45) is 4.49. The zero-order chi connectivity index (χ0) is 21.4. The van der Waals surface area contributed by atoms with Gasteiger partial charge in [0.25, 0.3) is 5.91 Å². The van der Waals surface area contributed by atoms with Crippen molar-refractivity contribution in [2.75, 3.05) is 38.5 Å². The molecule has 0 saturated carbocycles. The van der Waals surface area contributed by atoms with Crippen molar-refractivity contribution in [2.45, 2.75) is 13.0 Å². The molecule has 2 aromatic carbocycles. The number of benzene rings is 2. The first kappa shape index (κ1) is 19.6. The Hall–Kier alpha value is -3.38. The van der Waals surface area contributed by atoms with E-state index in [0.717, 1.165) is 53.9 Å². The number of carbonyl (C=O) groups is 2. The summed E-state index contributed by atoms with van der Waals surface area (Å²) in [7, 11) is 2.09. The number of hydrogen-bond acceptors (Lipinski definition) is 3. The predicted octanol–water partition coefficient (Wildman–Crippen LogP) is 3.30. The van der Waals surface area contributed by atoms with Crippen LogP contribution < -0.4 is 5.32 Å². The maximum atomic E-state index is 12.7. The zero-order valence-electron chi connectivity index (χ0n) is 17.7. The lowest BCUT2D eigenvalue weighted by Gasteiger charge is -2.32. The van der Waals surface area contributed by atoms with Crippen LogP contribution >= 0.6 is 0 Å². The lowest BCUT2D eigenvalue weighted by molar-refractivity contribution is -0.133. The maximum absolute atomic E-state index is 12.7. The van der Waals surface area contributed by atoms with Crippen molar-refractivity contribution in [3.63, 3.8) is 0 Å². The van der Waals surface area contributed by atoms with Crippen LogP contribution in [-0.2, 0) is 16.1 Å². The van der Waals surface area contributed by atoms with Crippen molar-refractivity contribution < 1.29 is 9.59 Å². The standard InChI is InChI=1S/C25H26N4O2/c1-27-12-14-28(15-13-27)24(30)10-11-29-17-18(19-6-3-5-9-23(19)29)16-21-20-7-2-4-8-22(20)26-25(21)31/h2-9,16-17H,10-15H2,1H3,(H,26,31)/b21-16-. The first-order valence-corrected chi connectivity index (χ1v) is 10.8. The van der Waals surface area contributed by atoms with E-state index in [2.05, 4.69) is 40.2 Å². The number of nitrogens with one attached hydrogen (secondary N) is 1. The number of fused-ring (bicyclic) bond motifs is 2. The highest BCUT2D eigenvalue weighted by atomic mass is 16.2. The predicted molar refractivity (Wildman–Crippen MR) is 124 cm³/mol. The van der Waals surface area contributed by atoms with Gasteiger partial charge in [-0.1, -0.05) is 36.4 Å². The topological polar surface area (TPSA) is 57.6 Å². The number of anilines is 1. The minimum Gasteiger partial charge on any atom is -0.346 e. The first-order valence-electron chi connectivity index (χ1n) is 10.8. The van der Waals surface area contributed by atoms with Crippen molar-refractivity contribution in [2.24, 2.45) is 0 Å². The first-order chi connectivity index (χ1) is 15.1. The third-order valence-electron chi connectivity index (χ3n) is 6.25. The minimum absolute atomic E-state index is 0.0803. The quantitative estimate of drug-likeness (QED) is 0.667. The van der Waals surface area contributed by atoms with E-state index in [1.165, 1.54) is 0 Å². The Balaban J connectivity index is 1.42. The molecule has 1 saturated heterocycles. The van der Waals surface area contributed by atoms with E-state index in [0.29, 0.717) is 18.5 Å². The Bertz CT molecular complexity index is 1190. The van der Waals surface area contributed by atoms with E-state index in [9.17, 15) is 9.59 Å². The van der Waals surface area contributed by atoms with E-state index in [-0.39, 0.29) is 11.8 Å². The van der Waals surface area contributed by atoms with Gasteiger partial charge in [0.05, 0.1) is 0 Å². The van der Waals surface area contributed by atoms with Crippen molar-refractivity contribution in [3.05, 3.63) is 65.9 Å². The lowest BCUT2D eigenvalue weighted by atomic mass is 10.0. The maximum Gasteiger partial charge on any atom is 0.256 e. The van der Waals surface area contributed by atoms with Gasteiger partial charge in [-0.15, -0.1) is 0 Å². The summed E-state index contributed by atoms with van der Waals surface area (Å²) in [6, 6.07) is 15.9. The van der Waals surface area contributed by atoms with E-state index in [1.807, 2.05) is 47.4 Å². The normalized spacial score (nSPS) is 17.9. The summed E-state index contributed by atoms with van der Waals surface area (Å²) >= 11 is 0. The van der Waals surface area contributed by atoms with Crippen molar-refractivity contribution in [3.8, 4) is 0 Å². The Kier molecular flexibility index (Phi) is 5.08. The van der Waals surface area contributed by atoms with E-state index in [4.69, 9.17) is 0 Å². The van der Waals surface area contributed by atoms with Gasteiger partial charge in [0, 0.05) is 78.6 Å². The molecule has 0 radical (unpaired) electrons. The molecule has 0 spiro atoms. The molecule has 0 bridgehead atoms. The molecule has 1 aromatic heterocycles. The molecule has 3 heterocycles. The van der Waals surface area contributed by atoms with Crippen molar-refractivity contribution in [1.29, 1.82) is 0 Å². The Morgan fingerprint density at radius 3 is 2.61 bits per heavy atom. The van der Waals surface area contributed by atoms with Gasteiger partial charge in [0.1, 0.15) is 0 Å². The molecule has 0 unspecified atom stereocenters. The molecule has 1 fully saturated rings. The van der Waals surface area contributed by atoms with Crippen molar-refractivity contribution >= 4 is 40.1 Å². The summed E-state index contributed by atoms with van der Waals surface area (Å²) in [5, 5.41) is 4.02. The number of para-hydroxylation sites is 2. The second kappa shape index (κ2) is 8.04. The fourth-order valence-electron chi connectivity index (χ4n) is 4.44. The third-order valence-corrected chi connectivity index (χ3v) is 6.25. The Morgan fingerprint density at radius 2 is 1.77 bits per heavy atom. The molecule has 0 atom stereocenters. The largest absolute Gasteiger partial charge is 0.346 e. The van der Waals surface area contributed by atoms with E-state index >= 15 is 0 Å². The van der Waals surface area contributed by atoms with Crippen molar-refractivity contribution in [1.82, 2.24) is 14.4 Å². The van der Waals surface area contributed by atoms with E-state index < -0.39 is 0 Å². The number of piperazine rings is 1. The lowest BCUT2D eigenvalue weighted by Crippen LogP contribution is -2.47. The molecular weight excluding hydrogens is 388 g/mol. The molecule has 6 nitrogen and oxygen atoms in total. The molecule has 3 aromatic rings. The molecule has 5 rings (SSSR count). The van der Waals surface area contributed by atoms with Gasteiger partial charge in [-0.25, -0.2) is 0 Å². The number of aromatic nitrogens is 1. The third kappa shape index (κ3) is 3.75. The highest BCUT2D eigenvalue weighted by molar-refractivity contribution is 6.35. The highest BCUT2D eigenvalue weighted by Gasteiger charge is 2.24. The molecular formula is C25H26N4O2. The van der Waals surface area contributed by atoms with Gasteiger partial charge in [0.2, 0.25) is 5.91 Å². The monoisotopic (exact) mass is 414 g/mol. The van der Waals surface area contributed by atoms with Crippen LogP contribution in [0, 0.1) is 0 Å². The number of carbonyl (C=O) groups excluding carboxylic acids is 2. The van der Waals surface area contributed by atoms with E-state index in [1.54, 1.807) is 0 Å². The van der Waals surface area contributed by atoms with Gasteiger partial charge >= 0.3 is 0 Å². The second-order valence-electron chi connectivity index (χ2n) is 8.29. The van der Waals surface area contributed by atoms with Crippen LogP contribution in [0.3, 0.4) is 0 Å². The summed E-state index contributed by atoms with van der Waals surface area (Å²) in [5.74, 6) is 0.123. The zero-order valence-corrected chi connectivity index (χ0v) is 17.7. The van der Waals surface area contributed by atoms with Crippen LogP contribution in [0.15, 0.2) is 54.7 Å². The second-order valence-corrected chi connectivity index (χ2v) is 8.29. The Morgan fingerprint density at radius 1 is 1.03 bits per heavy atom. The SMILES string of the molecule is CN1CCN(C(=O)CCn2cc(/C=C3\C(=O)Nc4ccccc43)c3ccccc32)CC1. The van der Waals surface area contributed by atoms with Crippen LogP contribution in [0.5, 0.6) is 0 Å². The number of nitrogens with zero attached hydrogens (tertiary/aromatic N) is 3. The summed E-state index contributed by atoms with van der Waals surface area (Å²) in [5.41, 5.74) is 4.51. The molecule has 0 aliphatic carbocycles. The van der Waals surface area contributed by atoms with Crippen LogP contribution in [0.25, 0.3) is 22.6 Å². The van der Waals surface area contributed by atoms with Gasteiger partial charge < -0.3 is 19.7 Å². The number of rotatable bonds is 4. The van der Waals surface area contributed by atoms with Crippen LogP contribution in [0.1, 0.15) is 17.5 Å². The summed E-state index contributed by atoms with van der Waals surface area (Å²) in [4.78, 5) is 29.5. The average molecular weight is 415 g/mol. The molecule has 2 amide bonds. The molecule has 31 heavy (non-hydrogen) atoms. The smallest absolute Gasteiger partial charge is 0.256 e. The number of amides is 2. The molecule has 6 heteroatoms. The molecule has 158 valence electrons. The molecule has 2 aliphatic heterocycles. The van der Waals surface area contributed by atoms with Crippen LogP contribution in [0.4, 0.5) is 5.69 Å². The average Bonchev–Trinajstić information content (AvgIpc) is 3.30. The van der Waals surface area contributed by atoms with Gasteiger partial charge in [-0.3, -0.25) is 9.59 Å². The number of hydrogen-bond donors (Lipinski definition) is 1. The Labute approximate surface area is 181 Å². The van der Waals surface area contributed by atoms with Gasteiger partial charge in [-0.05, 0) is 25.3 Å². The fourth-order valence-corrected chi connectivity index (χ4v) is 4.44.